The first-order valence-electron chi connectivity index (χ1n) is 8.85. The number of rotatable bonds is 2. The van der Waals surface area contributed by atoms with Crippen molar-refractivity contribution >= 4 is 27.8 Å². The molecule has 0 aliphatic carbocycles. The Kier molecular flexibility index (Phi) is 3.31. The van der Waals surface area contributed by atoms with Gasteiger partial charge in [-0.3, -0.25) is 9.48 Å². The van der Waals surface area contributed by atoms with E-state index in [0.717, 1.165) is 34.9 Å². The number of benzene rings is 2. The van der Waals surface area contributed by atoms with Crippen LogP contribution in [0.5, 0.6) is 0 Å². The lowest BCUT2D eigenvalue weighted by Gasteiger charge is -2.16. The van der Waals surface area contributed by atoms with Gasteiger partial charge in [-0.2, -0.15) is 5.10 Å². The van der Waals surface area contributed by atoms with Crippen molar-refractivity contribution in [1.82, 2.24) is 24.2 Å². The van der Waals surface area contributed by atoms with Crippen LogP contribution in [0.2, 0.25) is 0 Å². The lowest BCUT2D eigenvalue weighted by Crippen LogP contribution is -2.29. The number of para-hydroxylation sites is 3. The van der Waals surface area contributed by atoms with Crippen LogP contribution in [0.25, 0.3) is 21.9 Å². The Balaban J connectivity index is 1.44. The Bertz CT molecular complexity index is 1130. The molecule has 0 unspecified atom stereocenters. The number of likely N-dealkylation sites (tertiary alicyclic amines) is 1. The number of hydrogen-bond donors (Lipinski definition) is 0. The molecule has 130 valence electrons. The molecular weight excluding hydrogens is 326 g/mol. The van der Waals surface area contributed by atoms with Crippen LogP contribution in [0, 0.1) is 0 Å². The molecule has 0 bridgehead atoms. The summed E-state index contributed by atoms with van der Waals surface area (Å²) in [4.78, 5) is 19.5. The second-order valence-corrected chi connectivity index (χ2v) is 6.82. The highest BCUT2D eigenvalue weighted by atomic mass is 16.2. The van der Waals surface area contributed by atoms with Gasteiger partial charge in [0.05, 0.1) is 28.9 Å². The summed E-state index contributed by atoms with van der Waals surface area (Å²) in [6, 6.07) is 16.2. The van der Waals surface area contributed by atoms with E-state index in [2.05, 4.69) is 20.7 Å². The fraction of sp³-hybridized carbons (Fsp3) is 0.250. The van der Waals surface area contributed by atoms with Gasteiger partial charge in [-0.25, -0.2) is 4.98 Å². The highest BCUT2D eigenvalue weighted by Gasteiger charge is 2.30. The van der Waals surface area contributed by atoms with E-state index in [-0.39, 0.29) is 11.9 Å². The van der Waals surface area contributed by atoms with Gasteiger partial charge in [-0.15, -0.1) is 0 Å². The van der Waals surface area contributed by atoms with Crippen LogP contribution in [-0.2, 0) is 7.05 Å². The Hall–Kier alpha value is -3.15. The van der Waals surface area contributed by atoms with E-state index in [4.69, 9.17) is 0 Å². The summed E-state index contributed by atoms with van der Waals surface area (Å²) >= 11 is 0. The standard InChI is InChI=1S/C20H19N5O/c1-23-17-8-4-2-6-15(17)19(22-23)20(26)24-11-10-14(12-24)25-13-21-16-7-3-5-9-18(16)25/h2-9,13-14H,10-12H2,1H3/t14-/m1/s1. The summed E-state index contributed by atoms with van der Waals surface area (Å²) in [5, 5.41) is 5.39. The van der Waals surface area contributed by atoms with E-state index >= 15 is 0 Å². The van der Waals surface area contributed by atoms with E-state index < -0.39 is 0 Å². The normalized spacial score (nSPS) is 17.4. The maximum absolute atomic E-state index is 13.1. The molecule has 3 heterocycles. The molecule has 5 rings (SSSR count). The average molecular weight is 345 g/mol. The molecule has 1 fully saturated rings. The van der Waals surface area contributed by atoms with E-state index in [1.54, 1.807) is 4.68 Å². The highest BCUT2D eigenvalue weighted by molar-refractivity contribution is 6.04. The van der Waals surface area contributed by atoms with Gasteiger partial charge in [-0.1, -0.05) is 30.3 Å². The van der Waals surface area contributed by atoms with E-state index in [0.29, 0.717) is 12.2 Å². The van der Waals surface area contributed by atoms with Gasteiger partial charge in [0.2, 0.25) is 0 Å². The van der Waals surface area contributed by atoms with Crippen LogP contribution < -0.4 is 0 Å². The molecular formula is C20H19N5O. The zero-order valence-electron chi connectivity index (χ0n) is 14.5. The van der Waals surface area contributed by atoms with Gasteiger partial charge in [0, 0.05) is 25.5 Å². The van der Waals surface area contributed by atoms with Crippen molar-refractivity contribution in [3.63, 3.8) is 0 Å². The molecule has 6 nitrogen and oxygen atoms in total. The maximum Gasteiger partial charge on any atom is 0.275 e. The van der Waals surface area contributed by atoms with Crippen LogP contribution in [0.15, 0.2) is 54.9 Å². The first kappa shape index (κ1) is 15.1. The minimum absolute atomic E-state index is 0.00807. The third-order valence-electron chi connectivity index (χ3n) is 5.29. The van der Waals surface area contributed by atoms with E-state index in [1.165, 1.54) is 0 Å². The van der Waals surface area contributed by atoms with Gasteiger partial charge in [-0.05, 0) is 24.6 Å². The fourth-order valence-electron chi connectivity index (χ4n) is 3.94. The lowest BCUT2D eigenvalue weighted by molar-refractivity contribution is 0.0783. The van der Waals surface area contributed by atoms with Crippen molar-refractivity contribution in [2.45, 2.75) is 12.5 Å². The SMILES string of the molecule is Cn1nc(C(=O)N2CC[C@@H](n3cnc4ccccc43)C2)c2ccccc21. The van der Waals surface area contributed by atoms with Gasteiger partial charge >= 0.3 is 0 Å². The van der Waals surface area contributed by atoms with Crippen molar-refractivity contribution in [3.8, 4) is 0 Å². The molecule has 1 amide bonds. The third-order valence-corrected chi connectivity index (χ3v) is 5.29. The quantitative estimate of drug-likeness (QED) is 0.561. The van der Waals surface area contributed by atoms with E-state index in [9.17, 15) is 4.79 Å². The van der Waals surface area contributed by atoms with Crippen molar-refractivity contribution < 1.29 is 4.79 Å². The predicted octanol–water partition coefficient (Wildman–Crippen LogP) is 3.01. The number of carbonyl (C=O) groups excluding carboxylic acids is 1. The van der Waals surface area contributed by atoms with E-state index in [1.807, 2.05) is 60.7 Å². The van der Waals surface area contributed by atoms with Crippen LogP contribution >= 0.6 is 0 Å². The summed E-state index contributed by atoms with van der Waals surface area (Å²) in [6.45, 7) is 1.42. The molecule has 0 spiro atoms. The van der Waals surface area contributed by atoms with Crippen molar-refractivity contribution in [3.05, 3.63) is 60.6 Å². The van der Waals surface area contributed by atoms with Gasteiger partial charge in [0.1, 0.15) is 0 Å². The molecule has 0 radical (unpaired) electrons. The Morgan fingerprint density at radius 3 is 2.73 bits per heavy atom. The molecule has 1 saturated heterocycles. The number of nitrogens with zero attached hydrogens (tertiary/aromatic N) is 5. The Labute approximate surface area is 150 Å². The number of imidazole rings is 1. The first-order chi connectivity index (χ1) is 12.7. The number of aryl methyl sites for hydroxylation is 1. The first-order valence-corrected chi connectivity index (χ1v) is 8.85. The molecule has 2 aromatic heterocycles. The third kappa shape index (κ3) is 2.22. The molecule has 2 aromatic carbocycles. The minimum atomic E-state index is 0.00807. The van der Waals surface area contributed by atoms with Gasteiger partial charge in [0.15, 0.2) is 5.69 Å². The van der Waals surface area contributed by atoms with Gasteiger partial charge < -0.3 is 9.47 Å². The number of hydrogen-bond acceptors (Lipinski definition) is 3. The van der Waals surface area contributed by atoms with Crippen molar-refractivity contribution in [2.75, 3.05) is 13.1 Å². The summed E-state index contributed by atoms with van der Waals surface area (Å²) in [7, 11) is 1.88. The second-order valence-electron chi connectivity index (χ2n) is 6.82. The zero-order chi connectivity index (χ0) is 17.7. The molecule has 1 aliphatic heterocycles. The highest BCUT2D eigenvalue weighted by Crippen LogP contribution is 2.28. The Morgan fingerprint density at radius 2 is 1.85 bits per heavy atom. The van der Waals surface area contributed by atoms with Crippen LogP contribution in [0.1, 0.15) is 23.0 Å². The number of carbonyl (C=O) groups is 1. The van der Waals surface area contributed by atoms with Crippen molar-refractivity contribution in [1.29, 1.82) is 0 Å². The monoisotopic (exact) mass is 345 g/mol. The summed E-state index contributed by atoms with van der Waals surface area (Å²) in [5.41, 5.74) is 3.63. The number of fused-ring (bicyclic) bond motifs is 2. The smallest absolute Gasteiger partial charge is 0.275 e. The zero-order valence-corrected chi connectivity index (χ0v) is 14.5. The number of amides is 1. The van der Waals surface area contributed by atoms with Gasteiger partial charge in [0.25, 0.3) is 5.91 Å². The molecule has 4 aromatic rings. The molecule has 0 saturated carbocycles. The summed E-state index contributed by atoms with van der Waals surface area (Å²) in [5.74, 6) is 0.00807. The molecule has 6 heteroatoms. The topological polar surface area (TPSA) is 56.0 Å². The average Bonchev–Trinajstić information content (AvgIpc) is 3.38. The molecule has 1 aliphatic rings. The fourth-order valence-corrected chi connectivity index (χ4v) is 3.94. The summed E-state index contributed by atoms with van der Waals surface area (Å²) in [6.07, 6.45) is 2.82. The minimum Gasteiger partial charge on any atom is -0.335 e. The molecule has 26 heavy (non-hydrogen) atoms. The van der Waals surface area contributed by atoms with Crippen LogP contribution in [0.3, 0.4) is 0 Å². The van der Waals surface area contributed by atoms with Crippen LogP contribution in [-0.4, -0.2) is 43.2 Å². The lowest BCUT2D eigenvalue weighted by atomic mass is 10.2. The molecule has 1 atom stereocenters. The molecule has 0 N–H and O–H groups in total. The largest absolute Gasteiger partial charge is 0.335 e. The number of aromatic nitrogens is 4. The maximum atomic E-state index is 13.1. The second kappa shape index (κ2) is 5.69. The van der Waals surface area contributed by atoms with Crippen LogP contribution in [0.4, 0.5) is 0 Å². The summed E-state index contributed by atoms with van der Waals surface area (Å²) < 4.78 is 3.97. The Morgan fingerprint density at radius 1 is 1.08 bits per heavy atom. The van der Waals surface area contributed by atoms with Crippen molar-refractivity contribution in [2.24, 2.45) is 7.05 Å². The predicted molar refractivity (Wildman–Crippen MR) is 100 cm³/mol.